The SMILES string of the molecule is COc1cc(/C=c2/sc3nc4c(C)cccc4n3c2=O)cc(OC)c1OC(C)=O. The van der Waals surface area contributed by atoms with Crippen molar-refractivity contribution in [2.75, 3.05) is 14.2 Å². The molecule has 0 atom stereocenters. The van der Waals surface area contributed by atoms with Crippen LogP contribution in [0.5, 0.6) is 17.2 Å². The second kappa shape index (κ2) is 7.21. The molecule has 2 heterocycles. The van der Waals surface area contributed by atoms with Crippen molar-refractivity contribution in [1.82, 2.24) is 9.38 Å². The minimum Gasteiger partial charge on any atom is -0.493 e. The zero-order chi connectivity index (χ0) is 20.7. The number of rotatable bonds is 4. The summed E-state index contributed by atoms with van der Waals surface area (Å²) in [7, 11) is 2.94. The Kier molecular flexibility index (Phi) is 4.71. The number of aromatic nitrogens is 2. The molecule has 0 spiro atoms. The van der Waals surface area contributed by atoms with Crippen LogP contribution >= 0.6 is 11.3 Å². The average molecular weight is 410 g/mol. The number of esters is 1. The fourth-order valence-electron chi connectivity index (χ4n) is 3.21. The van der Waals surface area contributed by atoms with Gasteiger partial charge >= 0.3 is 5.97 Å². The number of ether oxygens (including phenoxy) is 3. The molecule has 148 valence electrons. The molecule has 0 saturated carbocycles. The molecule has 0 amide bonds. The third-order valence-corrected chi connectivity index (χ3v) is 5.47. The lowest BCUT2D eigenvalue weighted by Gasteiger charge is -2.13. The summed E-state index contributed by atoms with van der Waals surface area (Å²) in [5.74, 6) is 0.382. The van der Waals surface area contributed by atoms with Crippen LogP contribution in [0.2, 0.25) is 0 Å². The van der Waals surface area contributed by atoms with E-state index in [1.165, 1.54) is 32.5 Å². The monoisotopic (exact) mass is 410 g/mol. The van der Waals surface area contributed by atoms with E-state index in [9.17, 15) is 9.59 Å². The van der Waals surface area contributed by atoms with Gasteiger partial charge in [0.1, 0.15) is 0 Å². The second-order valence-electron chi connectivity index (χ2n) is 6.44. The molecule has 29 heavy (non-hydrogen) atoms. The molecule has 4 rings (SSSR count). The van der Waals surface area contributed by atoms with Crippen LogP contribution in [0.3, 0.4) is 0 Å². The maximum atomic E-state index is 13.0. The van der Waals surface area contributed by atoms with E-state index >= 15 is 0 Å². The molecule has 0 bridgehead atoms. The van der Waals surface area contributed by atoms with Gasteiger partial charge in [0.15, 0.2) is 16.5 Å². The summed E-state index contributed by atoms with van der Waals surface area (Å²) < 4.78 is 18.0. The molecule has 0 radical (unpaired) electrons. The topological polar surface area (TPSA) is 79.1 Å². The molecule has 0 fully saturated rings. The van der Waals surface area contributed by atoms with Gasteiger partial charge in [-0.05, 0) is 42.3 Å². The van der Waals surface area contributed by atoms with E-state index in [1.54, 1.807) is 22.6 Å². The number of nitrogens with zero attached hydrogens (tertiary/aromatic N) is 2. The molecule has 0 unspecified atom stereocenters. The Labute approximate surface area is 169 Å². The van der Waals surface area contributed by atoms with Crippen LogP contribution in [-0.2, 0) is 4.79 Å². The number of hydrogen-bond donors (Lipinski definition) is 0. The quantitative estimate of drug-likeness (QED) is 0.380. The fraction of sp³-hybridized carbons (Fsp3) is 0.190. The number of imidazole rings is 1. The van der Waals surface area contributed by atoms with E-state index in [0.717, 1.165) is 16.6 Å². The zero-order valence-corrected chi connectivity index (χ0v) is 17.1. The highest BCUT2D eigenvalue weighted by Crippen LogP contribution is 2.38. The minimum absolute atomic E-state index is 0.139. The molecule has 8 heteroatoms. The van der Waals surface area contributed by atoms with Crippen LogP contribution in [0, 0.1) is 6.92 Å². The van der Waals surface area contributed by atoms with Crippen molar-refractivity contribution < 1.29 is 19.0 Å². The number of hydrogen-bond acceptors (Lipinski definition) is 7. The van der Waals surface area contributed by atoms with E-state index in [0.29, 0.717) is 26.6 Å². The lowest BCUT2D eigenvalue weighted by Crippen LogP contribution is -2.22. The number of methoxy groups -OCH3 is 2. The maximum Gasteiger partial charge on any atom is 0.308 e. The van der Waals surface area contributed by atoms with Crippen molar-refractivity contribution >= 4 is 39.4 Å². The van der Waals surface area contributed by atoms with E-state index < -0.39 is 5.97 Å². The van der Waals surface area contributed by atoms with E-state index in [2.05, 4.69) is 4.98 Å². The Morgan fingerprint density at radius 2 is 1.86 bits per heavy atom. The Bertz CT molecular complexity index is 1340. The van der Waals surface area contributed by atoms with Crippen LogP contribution in [0.4, 0.5) is 0 Å². The number of thiazole rings is 1. The van der Waals surface area contributed by atoms with Crippen LogP contribution in [0.25, 0.3) is 22.1 Å². The largest absolute Gasteiger partial charge is 0.493 e. The predicted molar refractivity (Wildman–Crippen MR) is 111 cm³/mol. The fourth-order valence-corrected chi connectivity index (χ4v) is 4.19. The lowest BCUT2D eigenvalue weighted by atomic mass is 10.1. The highest BCUT2D eigenvalue weighted by molar-refractivity contribution is 7.15. The van der Waals surface area contributed by atoms with Gasteiger partial charge in [0.05, 0.1) is 29.8 Å². The maximum absolute atomic E-state index is 13.0. The highest BCUT2D eigenvalue weighted by atomic mass is 32.1. The minimum atomic E-state index is -0.484. The van der Waals surface area contributed by atoms with Crippen LogP contribution < -0.4 is 24.3 Å². The molecule has 0 aliphatic rings. The van der Waals surface area contributed by atoms with Gasteiger partial charge in [-0.15, -0.1) is 0 Å². The van der Waals surface area contributed by atoms with E-state index in [4.69, 9.17) is 14.2 Å². The van der Waals surface area contributed by atoms with Crippen molar-refractivity contribution in [3.8, 4) is 17.2 Å². The molecule has 2 aromatic carbocycles. The van der Waals surface area contributed by atoms with Crippen molar-refractivity contribution in [1.29, 1.82) is 0 Å². The van der Waals surface area contributed by atoms with Crippen molar-refractivity contribution in [2.45, 2.75) is 13.8 Å². The highest BCUT2D eigenvalue weighted by Gasteiger charge is 2.17. The molecule has 0 aliphatic heterocycles. The zero-order valence-electron chi connectivity index (χ0n) is 16.3. The second-order valence-corrected chi connectivity index (χ2v) is 7.45. The first-order valence-corrected chi connectivity index (χ1v) is 9.61. The van der Waals surface area contributed by atoms with Crippen molar-refractivity contribution in [3.63, 3.8) is 0 Å². The first-order chi connectivity index (χ1) is 13.9. The summed E-state index contributed by atoms with van der Waals surface area (Å²) in [6.07, 6.45) is 1.74. The van der Waals surface area contributed by atoms with Crippen LogP contribution in [0.1, 0.15) is 18.1 Å². The number of carbonyl (C=O) groups excluding carboxylic acids is 1. The molecule has 0 aliphatic carbocycles. The first kappa shape index (κ1) is 18.9. The van der Waals surface area contributed by atoms with Gasteiger partial charge in [0.25, 0.3) is 5.56 Å². The van der Waals surface area contributed by atoms with Gasteiger partial charge in [0, 0.05) is 6.92 Å². The molecule has 7 nitrogen and oxygen atoms in total. The Morgan fingerprint density at radius 3 is 2.48 bits per heavy atom. The van der Waals surface area contributed by atoms with Crippen LogP contribution in [0.15, 0.2) is 35.1 Å². The number of para-hydroxylation sites is 1. The number of benzene rings is 2. The lowest BCUT2D eigenvalue weighted by molar-refractivity contribution is -0.132. The third-order valence-electron chi connectivity index (χ3n) is 4.50. The number of fused-ring (bicyclic) bond motifs is 3. The molecule has 4 aromatic rings. The van der Waals surface area contributed by atoms with Gasteiger partial charge in [-0.1, -0.05) is 23.5 Å². The van der Waals surface area contributed by atoms with Gasteiger partial charge in [-0.2, -0.15) is 0 Å². The van der Waals surface area contributed by atoms with Gasteiger partial charge < -0.3 is 14.2 Å². The summed E-state index contributed by atoms with van der Waals surface area (Å²) in [5.41, 5.74) is 3.19. The normalized spacial score (nSPS) is 11.9. The summed E-state index contributed by atoms with van der Waals surface area (Å²) in [4.78, 5) is 29.6. The number of carbonyl (C=O) groups is 1. The first-order valence-electron chi connectivity index (χ1n) is 8.79. The average Bonchev–Trinajstić information content (AvgIpc) is 3.20. The van der Waals surface area contributed by atoms with Crippen molar-refractivity contribution in [3.05, 3.63) is 56.3 Å². The van der Waals surface area contributed by atoms with Gasteiger partial charge in [-0.3, -0.25) is 9.59 Å². The molecule has 0 saturated heterocycles. The standard InChI is InChI=1S/C21H18N2O5S/c1-11-6-5-7-14-18(11)22-21-23(14)20(25)17(29-21)10-13-8-15(26-3)19(28-12(2)24)16(9-13)27-4/h5-10H,1-4H3/b17-10+. The summed E-state index contributed by atoms with van der Waals surface area (Å²) in [6, 6.07) is 9.14. The Hall–Kier alpha value is -3.39. The Morgan fingerprint density at radius 1 is 1.17 bits per heavy atom. The van der Waals surface area contributed by atoms with E-state index in [-0.39, 0.29) is 11.3 Å². The number of aryl methyl sites for hydroxylation is 1. The summed E-state index contributed by atoms with van der Waals surface area (Å²) in [5, 5.41) is 0. The smallest absolute Gasteiger partial charge is 0.308 e. The summed E-state index contributed by atoms with van der Waals surface area (Å²) in [6.45, 7) is 3.27. The van der Waals surface area contributed by atoms with Gasteiger partial charge in [-0.25, -0.2) is 9.38 Å². The molecule has 0 N–H and O–H groups in total. The predicted octanol–water partition coefficient (Wildman–Crippen LogP) is 2.71. The molecule has 2 aromatic heterocycles. The van der Waals surface area contributed by atoms with Crippen LogP contribution in [-0.4, -0.2) is 29.6 Å². The Balaban J connectivity index is 1.91. The van der Waals surface area contributed by atoms with Crippen molar-refractivity contribution in [2.24, 2.45) is 0 Å². The van der Waals surface area contributed by atoms with Gasteiger partial charge in [0.2, 0.25) is 5.75 Å². The molecular formula is C21H18N2O5S. The third kappa shape index (κ3) is 3.21. The molecular weight excluding hydrogens is 392 g/mol. The van der Waals surface area contributed by atoms with E-state index in [1.807, 2.05) is 25.1 Å². The summed E-state index contributed by atoms with van der Waals surface area (Å²) >= 11 is 1.31.